The number of hydrogen-bond donors (Lipinski definition) is 5. The molecule has 0 saturated heterocycles. The molecule has 14 nitrogen and oxygen atoms in total. The van der Waals surface area contributed by atoms with Gasteiger partial charge in [0.05, 0.1) is 12.2 Å². The van der Waals surface area contributed by atoms with Crippen LogP contribution in [0, 0.1) is 0 Å². The van der Waals surface area contributed by atoms with Crippen LogP contribution < -0.4 is 16.4 Å². The normalized spacial score (nSPS) is 11.2. The fraction of sp³-hybridized carbons (Fsp3) is 0.816. The standard InChI is InChI=1S/C18H34O3.C15H27N4O5.C4H10N.CHBO.Y/c19-17-15-13-11-9-7-5-3-1-2-4-6-8-10-12-14-16-18(20)21;1-17-12(15(23)24)6-7-13(21)18-8-4-3-5-11(16)14(22)19(2)9-10-20;1-4(2,3)5;2-1-3;/h17H,1-16H2,(H,20,21);11-12,17H,3-9,16H2,1-2H3,(H,18,21)(H,23,24);5H,1-3H3;1H;/q;2*-1;;. The topological polar surface area (TPSA) is 237 Å². The Morgan fingerprint density at radius 3 is 1.61 bits per heavy atom. The van der Waals surface area contributed by atoms with Gasteiger partial charge in [0.15, 0.2) is 7.85 Å². The number of aliphatic carboxylic acids is 2. The monoisotopic (exact) mass is 842 g/mol. The number of nitrogens with two attached hydrogens (primary N) is 1. The van der Waals surface area contributed by atoms with Gasteiger partial charge in [-0.25, -0.2) is 6.29 Å². The molecule has 16 heteroatoms. The van der Waals surface area contributed by atoms with E-state index in [0.717, 1.165) is 32.0 Å². The van der Waals surface area contributed by atoms with E-state index in [1.54, 1.807) is 6.29 Å². The quantitative estimate of drug-likeness (QED) is 0.0269. The average molecular weight is 843 g/mol. The number of nitrogens with one attached hydrogen (secondary N) is 3. The van der Waals surface area contributed by atoms with E-state index in [0.29, 0.717) is 32.2 Å². The summed E-state index contributed by atoms with van der Waals surface area (Å²) in [6.45, 7) is 5.90. The number of amides is 2. The summed E-state index contributed by atoms with van der Waals surface area (Å²) in [5, 5.41) is 22.7. The molecule has 0 aromatic carbocycles. The van der Waals surface area contributed by atoms with E-state index >= 15 is 0 Å². The van der Waals surface area contributed by atoms with Gasteiger partial charge in [-0.2, -0.15) is 0 Å². The van der Waals surface area contributed by atoms with Gasteiger partial charge >= 0.3 is 11.9 Å². The van der Waals surface area contributed by atoms with Gasteiger partial charge in [-0.1, -0.05) is 104 Å². The summed E-state index contributed by atoms with van der Waals surface area (Å²) in [6.07, 6.45) is 23.3. The molecule has 2 atom stereocenters. The number of carboxylic acids is 2. The summed E-state index contributed by atoms with van der Waals surface area (Å²) in [7, 11) is 7.19. The van der Waals surface area contributed by atoms with Crippen molar-refractivity contribution in [2.24, 2.45) is 5.73 Å². The van der Waals surface area contributed by atoms with Gasteiger partial charge < -0.3 is 51.6 Å². The van der Waals surface area contributed by atoms with Gasteiger partial charge in [0.2, 0.25) is 11.8 Å². The Morgan fingerprint density at radius 2 is 1.24 bits per heavy atom. The van der Waals surface area contributed by atoms with E-state index in [4.69, 9.17) is 26.5 Å². The largest absolute Gasteiger partial charge is 0.673 e. The maximum Gasteiger partial charge on any atom is 0.320 e. The summed E-state index contributed by atoms with van der Waals surface area (Å²) < 4.78 is 0. The smallest absolute Gasteiger partial charge is 0.320 e. The zero-order chi connectivity index (χ0) is 41.3. The third-order valence-corrected chi connectivity index (χ3v) is 7.53. The second-order valence-corrected chi connectivity index (χ2v) is 13.9. The Morgan fingerprint density at radius 1 is 0.815 bits per heavy atom. The van der Waals surface area contributed by atoms with Crippen LogP contribution in [0.5, 0.6) is 0 Å². The fourth-order valence-electron chi connectivity index (χ4n) is 4.68. The second kappa shape index (κ2) is 45.3. The van der Waals surface area contributed by atoms with E-state index in [2.05, 4.69) is 18.5 Å². The first-order chi connectivity index (χ1) is 25.0. The molecule has 0 aliphatic carbocycles. The molecule has 0 rings (SSSR count). The minimum absolute atomic E-state index is 0. The number of carbonyl (C=O) groups is 6. The van der Waals surface area contributed by atoms with E-state index in [1.165, 1.54) is 89.6 Å². The van der Waals surface area contributed by atoms with Crippen LogP contribution in [-0.4, -0.2) is 110 Å². The van der Waals surface area contributed by atoms with Gasteiger partial charge in [0.1, 0.15) is 12.3 Å². The van der Waals surface area contributed by atoms with Gasteiger partial charge in [0.25, 0.3) is 0 Å². The second-order valence-electron chi connectivity index (χ2n) is 13.9. The molecule has 7 N–H and O–H groups in total. The number of likely N-dealkylation sites (N-methyl/N-ethyl adjacent to an activating group) is 2. The summed E-state index contributed by atoms with van der Waals surface area (Å²) in [4.78, 5) is 74.6. The molecule has 0 fully saturated rings. The molecule has 0 aliphatic rings. The van der Waals surface area contributed by atoms with Crippen LogP contribution in [0.2, 0.25) is 0 Å². The van der Waals surface area contributed by atoms with E-state index in [9.17, 15) is 28.8 Å². The Bertz CT molecular complexity index is 937. The molecule has 0 spiro atoms. The number of rotatable bonds is 30. The van der Waals surface area contributed by atoms with Crippen LogP contribution in [0.3, 0.4) is 0 Å². The minimum atomic E-state index is -0.985. The Hall–Kier alpha value is -2.06. The predicted molar refractivity (Wildman–Crippen MR) is 212 cm³/mol. The van der Waals surface area contributed by atoms with Crippen molar-refractivity contribution in [2.75, 3.05) is 27.2 Å². The molecule has 0 aromatic heterocycles. The Kier molecular flexibility index (Phi) is 51.3. The molecule has 0 saturated carbocycles. The number of carbonyl (C=O) groups excluding carboxylic acids is 5. The van der Waals surface area contributed by atoms with E-state index in [1.807, 2.05) is 20.8 Å². The van der Waals surface area contributed by atoms with Crippen molar-refractivity contribution in [3.63, 3.8) is 0 Å². The first kappa shape index (κ1) is 61.2. The Balaban J connectivity index is -0.000000244. The van der Waals surface area contributed by atoms with Gasteiger partial charge in [0, 0.05) is 65.6 Å². The summed E-state index contributed by atoms with van der Waals surface area (Å²) in [6, 6.07) is -1.41. The molecule has 311 valence electrons. The third kappa shape index (κ3) is 56.7. The molecule has 0 aliphatic heterocycles. The summed E-state index contributed by atoms with van der Waals surface area (Å²) in [5.41, 5.74) is 12.4. The number of unbranched alkanes of at least 4 members (excludes halogenated alkanes) is 15. The van der Waals surface area contributed by atoms with Crippen molar-refractivity contribution in [3.8, 4) is 0 Å². The van der Waals surface area contributed by atoms with Crippen molar-refractivity contribution >= 4 is 50.4 Å². The van der Waals surface area contributed by atoms with Crippen molar-refractivity contribution in [3.05, 3.63) is 5.73 Å². The molecule has 3 radical (unpaired) electrons. The number of aldehydes is 1. The van der Waals surface area contributed by atoms with Crippen molar-refractivity contribution < 1.29 is 76.5 Å². The van der Waals surface area contributed by atoms with Gasteiger partial charge in [-0.05, 0) is 45.6 Å². The number of carboxylic acid groups (broad SMARTS) is 2. The van der Waals surface area contributed by atoms with Crippen molar-refractivity contribution in [1.29, 1.82) is 0 Å². The van der Waals surface area contributed by atoms with Crippen LogP contribution in [0.15, 0.2) is 0 Å². The van der Waals surface area contributed by atoms with Crippen LogP contribution in [0.1, 0.15) is 156 Å². The Labute approximate surface area is 352 Å². The zero-order valence-electron chi connectivity index (χ0n) is 34.0. The zero-order valence-corrected chi connectivity index (χ0v) is 36.8. The molecule has 2 amide bonds. The van der Waals surface area contributed by atoms with Crippen molar-refractivity contribution in [2.45, 2.75) is 173 Å². The number of hydrogen-bond acceptors (Lipinski definition) is 9. The average Bonchev–Trinajstić information content (AvgIpc) is 3.07. The maximum absolute atomic E-state index is 11.7. The first-order valence-corrected chi connectivity index (χ1v) is 19.1. The van der Waals surface area contributed by atoms with Crippen LogP contribution in [-0.2, 0) is 66.3 Å². The molecular formula is C38H72BN5O9Y-2. The molecule has 0 bridgehead atoms. The van der Waals surface area contributed by atoms with Crippen molar-refractivity contribution in [1.82, 2.24) is 15.5 Å². The summed E-state index contributed by atoms with van der Waals surface area (Å²) in [5.74, 6) is -2.17. The molecule has 0 heterocycles. The van der Waals surface area contributed by atoms with Crippen LogP contribution in [0.4, 0.5) is 0 Å². The molecule has 0 aromatic rings. The number of nitrogens with zero attached hydrogens (tertiary/aromatic N) is 1. The summed E-state index contributed by atoms with van der Waals surface area (Å²) >= 11 is 0. The minimum Gasteiger partial charge on any atom is -0.673 e. The molecule has 54 heavy (non-hydrogen) atoms. The SMILES string of the molecule is CC(C)(C)[NH-].CNC(CCC(=O)NCCCCC(N)C(=O)N(C)C[C-]=O)C(=O)O.O=CCCCCCCCCCCCCCCCCC(=O)O.[B]C=O.[Y]. The van der Waals surface area contributed by atoms with Crippen LogP contribution >= 0.6 is 0 Å². The van der Waals surface area contributed by atoms with Gasteiger partial charge in [-0.15, -0.1) is 5.54 Å². The third-order valence-electron chi connectivity index (χ3n) is 7.53. The molecule has 2 unspecified atom stereocenters. The van der Waals surface area contributed by atoms with Gasteiger partial charge in [-0.3, -0.25) is 19.2 Å². The maximum atomic E-state index is 11.7. The van der Waals surface area contributed by atoms with E-state index in [-0.39, 0.29) is 75.6 Å². The first-order valence-electron chi connectivity index (χ1n) is 19.1. The predicted octanol–water partition coefficient (Wildman–Crippen LogP) is 5.31. The fourth-order valence-corrected chi connectivity index (χ4v) is 4.68. The van der Waals surface area contributed by atoms with Crippen LogP contribution in [0.25, 0.3) is 5.73 Å². The molecular weight excluding hydrogens is 770 g/mol. The van der Waals surface area contributed by atoms with E-state index < -0.39 is 24.0 Å².